The van der Waals surface area contributed by atoms with E-state index in [1.807, 2.05) is 0 Å². The third kappa shape index (κ3) is 2.16. The van der Waals surface area contributed by atoms with Crippen LogP contribution in [0.3, 0.4) is 0 Å². The Bertz CT molecular complexity index is 434. The largest absolute Gasteiger partial charge is 0.400 e. The van der Waals surface area contributed by atoms with Crippen LogP contribution in [0, 0.1) is 0 Å². The van der Waals surface area contributed by atoms with Crippen molar-refractivity contribution in [2.75, 3.05) is 14.2 Å². The van der Waals surface area contributed by atoms with E-state index in [1.165, 1.54) is 16.7 Å². The van der Waals surface area contributed by atoms with Crippen LogP contribution in [0.25, 0.3) is 17.7 Å². The Labute approximate surface area is 98.1 Å². The van der Waals surface area contributed by atoms with Gasteiger partial charge in [-0.15, -0.1) is 0 Å². The normalized spacial score (nSPS) is 12.4. The highest BCUT2D eigenvalue weighted by molar-refractivity contribution is 6.47. The molecule has 1 aliphatic carbocycles. The van der Waals surface area contributed by atoms with Gasteiger partial charge >= 0.3 is 9.28 Å². The molecule has 0 amide bonds. The van der Waals surface area contributed by atoms with Crippen LogP contribution >= 0.6 is 0 Å². The minimum atomic E-state index is -1.55. The van der Waals surface area contributed by atoms with Crippen molar-refractivity contribution in [2.24, 2.45) is 0 Å². The molecule has 16 heavy (non-hydrogen) atoms. The smallest absolute Gasteiger partial charge is 0.325 e. The van der Waals surface area contributed by atoms with E-state index in [9.17, 15) is 0 Å². The number of fused-ring (bicyclic) bond motifs is 1. The van der Waals surface area contributed by atoms with Crippen LogP contribution < -0.4 is 0 Å². The molecule has 0 spiro atoms. The Morgan fingerprint density at radius 3 is 2.38 bits per heavy atom. The highest BCUT2D eigenvalue weighted by Gasteiger charge is 2.14. The van der Waals surface area contributed by atoms with Gasteiger partial charge in [0.2, 0.25) is 0 Å². The van der Waals surface area contributed by atoms with Crippen molar-refractivity contribution < 1.29 is 8.85 Å². The summed E-state index contributed by atoms with van der Waals surface area (Å²) >= 11 is 0. The lowest BCUT2D eigenvalue weighted by atomic mass is 9.94. The quantitative estimate of drug-likeness (QED) is 0.738. The first-order chi connectivity index (χ1) is 7.74. The van der Waals surface area contributed by atoms with Crippen molar-refractivity contribution in [1.29, 1.82) is 0 Å². The van der Waals surface area contributed by atoms with Gasteiger partial charge in [0.05, 0.1) is 0 Å². The van der Waals surface area contributed by atoms with E-state index in [0.717, 1.165) is 11.6 Å². The zero-order chi connectivity index (χ0) is 11.5. The summed E-state index contributed by atoms with van der Waals surface area (Å²) in [5.74, 6) is 0. The number of allylic oxidation sites excluding steroid dienone is 1. The van der Waals surface area contributed by atoms with Crippen molar-refractivity contribution in [1.82, 2.24) is 0 Å². The van der Waals surface area contributed by atoms with Crippen LogP contribution in [0.15, 0.2) is 24.8 Å². The van der Waals surface area contributed by atoms with Crippen LogP contribution in [0.4, 0.5) is 0 Å². The molecule has 0 unspecified atom stereocenters. The molecule has 1 aromatic carbocycles. The van der Waals surface area contributed by atoms with Crippen LogP contribution in [0.2, 0.25) is 6.04 Å². The number of rotatable bonds is 5. The number of hydrogen-bond donors (Lipinski definition) is 0. The van der Waals surface area contributed by atoms with Gasteiger partial charge in [-0.2, -0.15) is 0 Å². The van der Waals surface area contributed by atoms with Gasteiger partial charge in [-0.3, -0.25) is 0 Å². The molecule has 2 nitrogen and oxygen atoms in total. The molecule has 0 atom stereocenters. The predicted molar refractivity (Wildman–Crippen MR) is 70.4 cm³/mol. The summed E-state index contributed by atoms with van der Waals surface area (Å²) in [4.78, 5) is 0. The van der Waals surface area contributed by atoms with E-state index in [1.54, 1.807) is 14.2 Å². The summed E-state index contributed by atoms with van der Waals surface area (Å²) in [5, 5.41) is 0. The molecule has 3 heteroatoms. The molecule has 84 valence electrons. The average Bonchev–Trinajstić information content (AvgIpc) is 2.27. The molecule has 0 heterocycles. The Hall–Kier alpha value is -1.16. The van der Waals surface area contributed by atoms with Gasteiger partial charge in [0.15, 0.2) is 0 Å². The third-order valence-corrected chi connectivity index (χ3v) is 4.75. The average molecular weight is 232 g/mol. The van der Waals surface area contributed by atoms with Gasteiger partial charge < -0.3 is 8.85 Å². The molecular weight excluding hydrogens is 216 g/mol. The van der Waals surface area contributed by atoms with Gasteiger partial charge in [-0.1, -0.05) is 30.9 Å². The van der Waals surface area contributed by atoms with Gasteiger partial charge in [-0.25, -0.2) is 0 Å². The van der Waals surface area contributed by atoms with E-state index in [0.29, 0.717) is 0 Å². The molecule has 0 saturated heterocycles. The first-order valence-corrected chi connectivity index (χ1v) is 7.06. The molecule has 1 aromatic rings. The summed E-state index contributed by atoms with van der Waals surface area (Å²) < 4.78 is 10.6. The lowest BCUT2D eigenvalue weighted by molar-refractivity contribution is 0.281. The Morgan fingerprint density at radius 1 is 1.19 bits per heavy atom. The Balaban J connectivity index is 2.07. The number of benzene rings is 1. The van der Waals surface area contributed by atoms with Gasteiger partial charge in [0, 0.05) is 20.3 Å². The Morgan fingerprint density at radius 2 is 1.88 bits per heavy atom. The minimum absolute atomic E-state index is 0.829. The van der Waals surface area contributed by atoms with Crippen LogP contribution in [-0.4, -0.2) is 23.5 Å². The zero-order valence-electron chi connectivity index (χ0n) is 9.69. The molecule has 0 radical (unpaired) electrons. The highest BCUT2D eigenvalue weighted by atomic mass is 28.3. The van der Waals surface area contributed by atoms with E-state index >= 15 is 0 Å². The first kappa shape index (κ1) is 11.3. The maximum atomic E-state index is 5.30. The maximum absolute atomic E-state index is 5.30. The van der Waals surface area contributed by atoms with Crippen LogP contribution in [0.5, 0.6) is 0 Å². The van der Waals surface area contributed by atoms with Gasteiger partial charge in [-0.05, 0) is 28.3 Å². The van der Waals surface area contributed by atoms with E-state index < -0.39 is 9.28 Å². The van der Waals surface area contributed by atoms with Crippen molar-refractivity contribution in [3.63, 3.8) is 0 Å². The summed E-state index contributed by atoms with van der Waals surface area (Å²) in [5.41, 5.74) is 4.90. The summed E-state index contributed by atoms with van der Waals surface area (Å²) in [6, 6.07) is 7.25. The monoisotopic (exact) mass is 232 g/mol. The molecule has 0 aromatic heterocycles. The fourth-order valence-corrected chi connectivity index (χ4v) is 2.92. The van der Waals surface area contributed by atoms with Crippen molar-refractivity contribution >= 4 is 27.0 Å². The lowest BCUT2D eigenvalue weighted by Gasteiger charge is -2.16. The highest BCUT2D eigenvalue weighted by Crippen LogP contribution is 2.28. The molecule has 0 saturated carbocycles. The van der Waals surface area contributed by atoms with Gasteiger partial charge in [0.1, 0.15) is 0 Å². The summed E-state index contributed by atoms with van der Waals surface area (Å²) in [6.45, 7) is 4.11. The Kier molecular flexibility index (Phi) is 3.38. The van der Waals surface area contributed by atoms with Crippen molar-refractivity contribution in [3.05, 3.63) is 41.5 Å². The summed E-state index contributed by atoms with van der Waals surface area (Å²) in [6.07, 6.45) is 4.23. The van der Waals surface area contributed by atoms with Gasteiger partial charge in [0.25, 0.3) is 0 Å². The second kappa shape index (κ2) is 4.78. The SMILES string of the molecule is C=C(C[SiH](OC)OC)c1ccc2c(c1)C=C2. The van der Waals surface area contributed by atoms with E-state index in [2.05, 4.69) is 36.9 Å². The third-order valence-electron chi connectivity index (χ3n) is 2.88. The maximum Gasteiger partial charge on any atom is 0.325 e. The van der Waals surface area contributed by atoms with E-state index in [-0.39, 0.29) is 0 Å². The fourth-order valence-electron chi connectivity index (χ4n) is 1.76. The van der Waals surface area contributed by atoms with E-state index in [4.69, 9.17) is 8.85 Å². The zero-order valence-corrected chi connectivity index (χ0v) is 10.8. The predicted octanol–water partition coefficient (Wildman–Crippen LogP) is 2.70. The first-order valence-electron chi connectivity index (χ1n) is 5.30. The molecule has 0 N–H and O–H groups in total. The van der Waals surface area contributed by atoms with Crippen molar-refractivity contribution in [3.8, 4) is 0 Å². The summed E-state index contributed by atoms with van der Waals surface area (Å²) in [7, 11) is 1.86. The molecular formula is C13H16O2Si. The topological polar surface area (TPSA) is 18.5 Å². The lowest BCUT2D eigenvalue weighted by Crippen LogP contribution is -2.18. The molecule has 1 aliphatic rings. The second-order valence-electron chi connectivity index (χ2n) is 3.89. The second-order valence-corrected chi connectivity index (χ2v) is 6.10. The van der Waals surface area contributed by atoms with Crippen molar-refractivity contribution in [2.45, 2.75) is 6.04 Å². The molecule has 0 fully saturated rings. The molecule has 2 rings (SSSR count). The standard InChI is InChI=1S/C13H16O2Si/c1-10(9-16(14-2)15-3)12-6-4-11-5-7-13(11)8-12/h4-8,16H,1,9H2,2-3H3. The molecule has 0 bridgehead atoms. The van der Waals surface area contributed by atoms with Crippen LogP contribution in [0.1, 0.15) is 16.7 Å². The minimum Gasteiger partial charge on any atom is -0.400 e. The molecule has 0 aliphatic heterocycles. The number of hydrogen-bond acceptors (Lipinski definition) is 2. The fraction of sp³-hybridized carbons (Fsp3) is 0.231. The van der Waals surface area contributed by atoms with Crippen LogP contribution in [-0.2, 0) is 8.85 Å².